The standard InChI is InChI=1S/C22H33N5O7/c1-11(2)8-16(26-19(30)15(23)9-13-4-6-14(28)7-5-13)21(32)27-17(10-18(24)29)20(31)25-12(3)22(33)34/h4-7,11-12,15-17,28H,8-10,23H2,1-3H3,(H2,24,29)(H,25,31)(H,26,30)(H,27,32)(H,33,34). The van der Waals surface area contributed by atoms with Crippen LogP contribution < -0.4 is 27.4 Å². The normalized spacial score (nSPS) is 14.4. The van der Waals surface area contributed by atoms with E-state index in [1.165, 1.54) is 19.1 Å². The smallest absolute Gasteiger partial charge is 0.325 e. The third kappa shape index (κ3) is 9.86. The van der Waals surface area contributed by atoms with Crippen molar-refractivity contribution in [2.45, 2.75) is 64.2 Å². The highest BCUT2D eigenvalue weighted by molar-refractivity contribution is 5.96. The van der Waals surface area contributed by atoms with Gasteiger partial charge >= 0.3 is 5.97 Å². The summed E-state index contributed by atoms with van der Waals surface area (Å²) in [4.78, 5) is 60.4. The van der Waals surface area contributed by atoms with Gasteiger partial charge in [-0.15, -0.1) is 0 Å². The average molecular weight is 480 g/mol. The Balaban J connectivity index is 2.92. The summed E-state index contributed by atoms with van der Waals surface area (Å²) in [6.07, 6.45) is -0.200. The summed E-state index contributed by atoms with van der Waals surface area (Å²) >= 11 is 0. The molecule has 12 heteroatoms. The van der Waals surface area contributed by atoms with Gasteiger partial charge in [-0.1, -0.05) is 26.0 Å². The summed E-state index contributed by atoms with van der Waals surface area (Å²) < 4.78 is 0. The molecule has 0 aliphatic carbocycles. The Morgan fingerprint density at radius 2 is 1.41 bits per heavy atom. The van der Waals surface area contributed by atoms with E-state index >= 15 is 0 Å². The molecule has 0 fully saturated rings. The zero-order valence-corrected chi connectivity index (χ0v) is 19.4. The summed E-state index contributed by atoms with van der Waals surface area (Å²) in [6, 6.07) is 1.41. The van der Waals surface area contributed by atoms with Gasteiger partial charge in [0.05, 0.1) is 12.5 Å². The molecular weight excluding hydrogens is 446 g/mol. The molecule has 0 bridgehead atoms. The molecule has 0 radical (unpaired) electrons. The fraction of sp³-hybridized carbons (Fsp3) is 0.500. The summed E-state index contributed by atoms with van der Waals surface area (Å²) in [5.74, 6) is -4.40. The van der Waals surface area contributed by atoms with E-state index < -0.39 is 60.2 Å². The second-order valence-electron chi connectivity index (χ2n) is 8.47. The number of aliphatic carboxylic acids is 1. The first-order valence-corrected chi connectivity index (χ1v) is 10.8. The van der Waals surface area contributed by atoms with Gasteiger partial charge in [0, 0.05) is 0 Å². The van der Waals surface area contributed by atoms with Crippen LogP contribution in [0.4, 0.5) is 0 Å². The predicted molar refractivity (Wildman–Crippen MR) is 122 cm³/mol. The predicted octanol–water partition coefficient (Wildman–Crippen LogP) is -1.26. The van der Waals surface area contributed by atoms with Crippen molar-refractivity contribution in [2.24, 2.45) is 17.4 Å². The number of rotatable bonds is 13. The first-order valence-electron chi connectivity index (χ1n) is 10.8. The molecule has 0 heterocycles. The highest BCUT2D eigenvalue weighted by Gasteiger charge is 2.30. The number of primary amides is 1. The lowest BCUT2D eigenvalue weighted by molar-refractivity contribution is -0.142. The fourth-order valence-corrected chi connectivity index (χ4v) is 3.02. The van der Waals surface area contributed by atoms with Crippen LogP contribution in [0.15, 0.2) is 24.3 Å². The van der Waals surface area contributed by atoms with Crippen molar-refractivity contribution in [2.75, 3.05) is 0 Å². The van der Waals surface area contributed by atoms with Crippen molar-refractivity contribution in [1.29, 1.82) is 0 Å². The third-order valence-electron chi connectivity index (χ3n) is 4.84. The minimum Gasteiger partial charge on any atom is -0.508 e. The average Bonchev–Trinajstić information content (AvgIpc) is 2.73. The van der Waals surface area contributed by atoms with Gasteiger partial charge in [0.25, 0.3) is 0 Å². The minimum atomic E-state index is -1.43. The van der Waals surface area contributed by atoms with Gasteiger partial charge in [-0.25, -0.2) is 0 Å². The zero-order valence-electron chi connectivity index (χ0n) is 19.4. The molecular formula is C22H33N5O7. The number of carbonyl (C=O) groups is 5. The molecule has 4 atom stereocenters. The monoisotopic (exact) mass is 479 g/mol. The molecule has 0 aliphatic heterocycles. The van der Waals surface area contributed by atoms with Gasteiger partial charge in [0.1, 0.15) is 23.9 Å². The summed E-state index contributed by atoms with van der Waals surface area (Å²) in [5.41, 5.74) is 11.9. The van der Waals surface area contributed by atoms with Crippen molar-refractivity contribution in [3.8, 4) is 5.75 Å². The lowest BCUT2D eigenvalue weighted by Gasteiger charge is -2.25. The van der Waals surface area contributed by atoms with Crippen molar-refractivity contribution in [1.82, 2.24) is 16.0 Å². The maximum atomic E-state index is 12.9. The van der Waals surface area contributed by atoms with Gasteiger partial charge in [0.2, 0.25) is 23.6 Å². The van der Waals surface area contributed by atoms with Gasteiger partial charge in [-0.3, -0.25) is 24.0 Å². The van der Waals surface area contributed by atoms with Crippen molar-refractivity contribution in [3.05, 3.63) is 29.8 Å². The van der Waals surface area contributed by atoms with E-state index in [0.29, 0.717) is 5.56 Å². The lowest BCUT2D eigenvalue weighted by atomic mass is 10.0. The molecule has 9 N–H and O–H groups in total. The van der Waals surface area contributed by atoms with E-state index in [9.17, 15) is 29.1 Å². The second kappa shape index (κ2) is 13.1. The molecule has 34 heavy (non-hydrogen) atoms. The Morgan fingerprint density at radius 1 is 0.882 bits per heavy atom. The van der Waals surface area contributed by atoms with Gasteiger partial charge in [-0.05, 0) is 43.4 Å². The van der Waals surface area contributed by atoms with Crippen LogP contribution in [-0.2, 0) is 30.4 Å². The molecule has 1 rings (SSSR count). The highest BCUT2D eigenvalue weighted by Crippen LogP contribution is 2.12. The first-order chi connectivity index (χ1) is 15.8. The number of benzene rings is 1. The van der Waals surface area contributed by atoms with Crippen LogP contribution >= 0.6 is 0 Å². The van der Waals surface area contributed by atoms with Gasteiger partial charge in [-0.2, -0.15) is 0 Å². The molecule has 12 nitrogen and oxygen atoms in total. The Morgan fingerprint density at radius 3 is 1.91 bits per heavy atom. The molecule has 0 aromatic heterocycles. The second-order valence-corrected chi connectivity index (χ2v) is 8.47. The Kier molecular flexibility index (Phi) is 11.0. The fourth-order valence-electron chi connectivity index (χ4n) is 3.02. The first kappa shape index (κ1) is 28.4. The third-order valence-corrected chi connectivity index (χ3v) is 4.84. The van der Waals surface area contributed by atoms with Gasteiger partial charge < -0.3 is 37.6 Å². The lowest BCUT2D eigenvalue weighted by Crippen LogP contribution is -2.57. The SMILES string of the molecule is CC(C)CC(NC(=O)C(N)Cc1ccc(O)cc1)C(=O)NC(CC(N)=O)C(=O)NC(C)C(=O)O. The number of phenols is 1. The molecule has 1 aromatic rings. The molecule has 4 unspecified atom stereocenters. The summed E-state index contributed by atoms with van der Waals surface area (Å²) in [5, 5.41) is 25.4. The Bertz CT molecular complexity index is 888. The van der Waals surface area contributed by atoms with E-state index in [2.05, 4.69) is 16.0 Å². The topological polar surface area (TPSA) is 214 Å². The van der Waals surface area contributed by atoms with Crippen molar-refractivity contribution >= 4 is 29.6 Å². The van der Waals surface area contributed by atoms with Crippen molar-refractivity contribution in [3.63, 3.8) is 0 Å². The minimum absolute atomic E-state index is 0.0279. The van der Waals surface area contributed by atoms with E-state index in [0.717, 1.165) is 0 Å². The largest absolute Gasteiger partial charge is 0.508 e. The molecule has 0 spiro atoms. The number of phenolic OH excluding ortho intramolecular Hbond substituents is 1. The maximum absolute atomic E-state index is 12.9. The van der Waals surface area contributed by atoms with Crippen LogP contribution in [0.25, 0.3) is 0 Å². The number of hydrogen-bond acceptors (Lipinski definition) is 7. The maximum Gasteiger partial charge on any atom is 0.325 e. The molecule has 0 aliphatic rings. The van der Waals surface area contributed by atoms with Crippen LogP contribution in [-0.4, -0.2) is 64.0 Å². The number of amides is 4. The Hall–Kier alpha value is -3.67. The molecule has 0 saturated heterocycles. The number of carbonyl (C=O) groups excluding carboxylic acids is 4. The number of nitrogens with one attached hydrogen (secondary N) is 3. The number of hydrogen-bond donors (Lipinski definition) is 7. The zero-order chi connectivity index (χ0) is 26.0. The van der Waals surface area contributed by atoms with E-state index in [1.54, 1.807) is 12.1 Å². The molecule has 188 valence electrons. The summed E-state index contributed by atoms with van der Waals surface area (Å²) in [7, 11) is 0. The van der Waals surface area contributed by atoms with Crippen LogP contribution in [0.3, 0.4) is 0 Å². The number of nitrogens with two attached hydrogens (primary N) is 2. The molecule has 4 amide bonds. The van der Waals surface area contributed by atoms with Crippen LogP contribution in [0.1, 0.15) is 39.2 Å². The van der Waals surface area contributed by atoms with Crippen LogP contribution in [0.5, 0.6) is 5.75 Å². The Labute approximate surface area is 197 Å². The number of aromatic hydroxyl groups is 1. The molecule has 0 saturated carbocycles. The van der Waals surface area contributed by atoms with Crippen molar-refractivity contribution < 1.29 is 34.2 Å². The van der Waals surface area contributed by atoms with Gasteiger partial charge in [0.15, 0.2) is 0 Å². The molecule has 1 aromatic carbocycles. The summed E-state index contributed by atoms with van der Waals surface area (Å²) in [6.45, 7) is 4.87. The quantitative estimate of drug-likeness (QED) is 0.181. The number of carboxylic acids is 1. The van der Waals surface area contributed by atoms with E-state index in [4.69, 9.17) is 16.6 Å². The number of carboxylic acid groups (broad SMARTS) is 1. The van der Waals surface area contributed by atoms with Crippen LogP contribution in [0.2, 0.25) is 0 Å². The van der Waals surface area contributed by atoms with E-state index in [-0.39, 0.29) is 24.5 Å². The highest BCUT2D eigenvalue weighted by atomic mass is 16.4. The van der Waals surface area contributed by atoms with E-state index in [1.807, 2.05) is 13.8 Å². The van der Waals surface area contributed by atoms with Crippen LogP contribution in [0, 0.1) is 5.92 Å².